The second-order valence-electron chi connectivity index (χ2n) is 1.71. The highest BCUT2D eigenvalue weighted by Gasteiger charge is 1.95. The van der Waals surface area contributed by atoms with E-state index in [1.807, 2.05) is 0 Å². The Balaban J connectivity index is 2.47. The van der Waals surface area contributed by atoms with Gasteiger partial charge in [0.25, 0.3) is 0 Å². The van der Waals surface area contributed by atoms with Crippen molar-refractivity contribution >= 4 is 0 Å². The van der Waals surface area contributed by atoms with Crippen molar-refractivity contribution in [2.45, 2.75) is 6.23 Å². The van der Waals surface area contributed by atoms with E-state index in [1.54, 1.807) is 18.5 Å². The fraction of sp³-hybridized carbons (Fsp3) is 0.167. The molecular weight excluding hydrogens is 130 g/mol. The van der Waals surface area contributed by atoms with Crippen molar-refractivity contribution in [2.24, 2.45) is 5.73 Å². The van der Waals surface area contributed by atoms with Crippen molar-refractivity contribution in [1.82, 2.24) is 9.94 Å². The molecule has 10 heavy (non-hydrogen) atoms. The molecule has 0 saturated heterocycles. The molecule has 1 aromatic heterocycles. The van der Waals surface area contributed by atoms with Gasteiger partial charge in [0.2, 0.25) is 0 Å². The molecule has 0 amide bonds. The van der Waals surface area contributed by atoms with Crippen LogP contribution in [0.5, 0.6) is 0 Å². The highest BCUT2D eigenvalue weighted by molar-refractivity contribution is 4.78. The molecule has 54 valence electrons. The molecule has 0 radical (unpaired) electrons. The van der Waals surface area contributed by atoms with Gasteiger partial charge in [0.1, 0.15) is 0 Å². The summed E-state index contributed by atoms with van der Waals surface area (Å²) in [6.07, 6.45) is 4.25. The Hall–Kier alpha value is -1.29. The van der Waals surface area contributed by atoms with Gasteiger partial charge in [-0.2, -0.15) is 0 Å². The first-order valence-corrected chi connectivity index (χ1v) is 2.88. The molecule has 0 aliphatic heterocycles. The van der Waals surface area contributed by atoms with Crippen LogP contribution in [-0.2, 0) is 0 Å². The second-order valence-corrected chi connectivity index (χ2v) is 1.71. The van der Waals surface area contributed by atoms with E-state index in [4.69, 9.17) is 10.6 Å². The molecule has 0 aliphatic carbocycles. The Morgan fingerprint density at radius 1 is 1.80 bits per heavy atom. The monoisotopic (exact) mass is 139 g/mol. The molecule has 4 heteroatoms. The van der Waals surface area contributed by atoms with Crippen LogP contribution < -0.4 is 10.6 Å². The fourth-order valence-corrected chi connectivity index (χ4v) is 0.485. The SMILES string of the molecule is C=CC(N)On1cccn1. The predicted molar refractivity (Wildman–Crippen MR) is 37.0 cm³/mol. The van der Waals surface area contributed by atoms with E-state index in [0.717, 1.165) is 0 Å². The number of aromatic nitrogens is 2. The van der Waals surface area contributed by atoms with E-state index in [2.05, 4.69) is 11.7 Å². The quantitative estimate of drug-likeness (QED) is 0.465. The zero-order valence-corrected chi connectivity index (χ0v) is 5.47. The van der Waals surface area contributed by atoms with Crippen LogP contribution in [0.15, 0.2) is 31.1 Å². The average molecular weight is 139 g/mol. The molecule has 0 bridgehead atoms. The van der Waals surface area contributed by atoms with Crippen molar-refractivity contribution in [3.8, 4) is 0 Å². The summed E-state index contributed by atoms with van der Waals surface area (Å²) in [5.74, 6) is 0. The molecule has 1 heterocycles. The lowest BCUT2D eigenvalue weighted by atomic mass is 10.6. The summed E-state index contributed by atoms with van der Waals surface area (Å²) in [7, 11) is 0. The third-order valence-corrected chi connectivity index (χ3v) is 0.942. The van der Waals surface area contributed by atoms with Gasteiger partial charge in [-0.15, -0.1) is 9.94 Å². The summed E-state index contributed by atoms with van der Waals surface area (Å²) in [5.41, 5.74) is 5.36. The van der Waals surface area contributed by atoms with E-state index < -0.39 is 6.23 Å². The molecule has 0 spiro atoms. The Kier molecular flexibility index (Phi) is 2.07. The molecule has 1 atom stereocenters. The summed E-state index contributed by atoms with van der Waals surface area (Å²) in [5, 5.41) is 3.77. The molecule has 1 unspecified atom stereocenters. The Morgan fingerprint density at radius 2 is 2.60 bits per heavy atom. The van der Waals surface area contributed by atoms with Gasteiger partial charge in [-0.25, -0.2) is 0 Å². The Bertz CT molecular complexity index is 195. The summed E-state index contributed by atoms with van der Waals surface area (Å²) in [4.78, 5) is 6.25. The number of rotatable bonds is 3. The number of nitrogens with two attached hydrogens (primary N) is 1. The maximum atomic E-state index is 5.36. The van der Waals surface area contributed by atoms with E-state index in [1.165, 1.54) is 10.9 Å². The van der Waals surface area contributed by atoms with E-state index in [0.29, 0.717) is 0 Å². The van der Waals surface area contributed by atoms with Gasteiger partial charge in [0.15, 0.2) is 6.23 Å². The summed E-state index contributed by atoms with van der Waals surface area (Å²) in [6, 6.07) is 1.75. The summed E-state index contributed by atoms with van der Waals surface area (Å²) in [6.45, 7) is 3.45. The molecule has 4 nitrogen and oxygen atoms in total. The molecule has 0 aromatic carbocycles. The first-order chi connectivity index (χ1) is 4.83. The van der Waals surface area contributed by atoms with Gasteiger partial charge >= 0.3 is 0 Å². The zero-order valence-electron chi connectivity index (χ0n) is 5.47. The molecule has 1 aromatic rings. The highest BCUT2D eigenvalue weighted by atomic mass is 16.7. The average Bonchev–Trinajstić information content (AvgIpc) is 2.40. The van der Waals surface area contributed by atoms with Crippen molar-refractivity contribution in [1.29, 1.82) is 0 Å². The minimum atomic E-state index is -0.500. The van der Waals surface area contributed by atoms with Crippen LogP contribution in [0.3, 0.4) is 0 Å². The standard InChI is InChI=1S/C6H9N3O/c1-2-6(7)10-9-5-3-4-8-9/h2-6H,1,7H2. The van der Waals surface area contributed by atoms with Crippen molar-refractivity contribution in [2.75, 3.05) is 0 Å². The van der Waals surface area contributed by atoms with Crippen LogP contribution in [0.4, 0.5) is 0 Å². The first kappa shape index (κ1) is 6.82. The van der Waals surface area contributed by atoms with Crippen LogP contribution in [-0.4, -0.2) is 16.2 Å². The van der Waals surface area contributed by atoms with Crippen LogP contribution in [0.1, 0.15) is 0 Å². The van der Waals surface area contributed by atoms with Gasteiger partial charge in [0, 0.05) is 0 Å². The lowest BCUT2D eigenvalue weighted by Crippen LogP contribution is -2.31. The van der Waals surface area contributed by atoms with Crippen molar-refractivity contribution in [3.05, 3.63) is 31.1 Å². The normalized spacial score (nSPS) is 12.5. The van der Waals surface area contributed by atoms with Crippen molar-refractivity contribution < 1.29 is 4.84 Å². The van der Waals surface area contributed by atoms with Crippen LogP contribution in [0.2, 0.25) is 0 Å². The lowest BCUT2D eigenvalue weighted by Gasteiger charge is -2.07. The van der Waals surface area contributed by atoms with E-state index >= 15 is 0 Å². The van der Waals surface area contributed by atoms with Gasteiger partial charge in [-0.1, -0.05) is 6.58 Å². The van der Waals surface area contributed by atoms with E-state index in [-0.39, 0.29) is 0 Å². The molecule has 0 fully saturated rings. The third-order valence-electron chi connectivity index (χ3n) is 0.942. The molecule has 1 rings (SSSR count). The van der Waals surface area contributed by atoms with Crippen LogP contribution in [0, 0.1) is 0 Å². The highest BCUT2D eigenvalue weighted by Crippen LogP contribution is 1.82. The van der Waals surface area contributed by atoms with Crippen LogP contribution >= 0.6 is 0 Å². The molecule has 2 N–H and O–H groups in total. The Labute approximate surface area is 58.9 Å². The fourth-order valence-electron chi connectivity index (χ4n) is 0.485. The Morgan fingerprint density at radius 3 is 3.10 bits per heavy atom. The van der Waals surface area contributed by atoms with Crippen LogP contribution in [0.25, 0.3) is 0 Å². The predicted octanol–water partition coefficient (Wildman–Crippen LogP) is -0.218. The van der Waals surface area contributed by atoms with Gasteiger partial charge in [-0.3, -0.25) is 5.73 Å². The molecule has 0 aliphatic rings. The second kappa shape index (κ2) is 3.03. The van der Waals surface area contributed by atoms with Crippen molar-refractivity contribution in [3.63, 3.8) is 0 Å². The largest absolute Gasteiger partial charge is 0.374 e. The number of hydrogen-bond acceptors (Lipinski definition) is 3. The topological polar surface area (TPSA) is 53.1 Å². The lowest BCUT2D eigenvalue weighted by molar-refractivity contribution is 0.0452. The summed E-state index contributed by atoms with van der Waals surface area (Å²) >= 11 is 0. The molecule has 0 saturated carbocycles. The smallest absolute Gasteiger partial charge is 0.194 e. The number of nitrogens with zero attached hydrogens (tertiary/aromatic N) is 2. The maximum Gasteiger partial charge on any atom is 0.194 e. The van der Waals surface area contributed by atoms with Gasteiger partial charge in [-0.05, 0) is 12.1 Å². The maximum absolute atomic E-state index is 5.36. The van der Waals surface area contributed by atoms with Gasteiger partial charge < -0.3 is 4.84 Å². The summed E-state index contributed by atoms with van der Waals surface area (Å²) < 4.78 is 0. The minimum absolute atomic E-state index is 0.500. The number of hydrogen-bond donors (Lipinski definition) is 1. The van der Waals surface area contributed by atoms with E-state index in [9.17, 15) is 0 Å². The molecular formula is C6H9N3O. The zero-order chi connectivity index (χ0) is 7.40. The minimum Gasteiger partial charge on any atom is -0.374 e. The van der Waals surface area contributed by atoms with Gasteiger partial charge in [0.05, 0.1) is 12.4 Å². The third kappa shape index (κ3) is 1.60. The first-order valence-electron chi connectivity index (χ1n) is 2.88.